The summed E-state index contributed by atoms with van der Waals surface area (Å²) in [4.78, 5) is 9.39. The van der Waals surface area contributed by atoms with Crippen LogP contribution >= 0.6 is 0 Å². The molecule has 1 unspecified atom stereocenters. The maximum atomic E-state index is 12.2. The summed E-state index contributed by atoms with van der Waals surface area (Å²) in [7, 11) is 0.819. The minimum Gasteiger partial charge on any atom is -0.497 e. The number of nitrogens with one attached hydrogen (secondary N) is 1. The lowest BCUT2D eigenvalue weighted by molar-refractivity contribution is 0.373. The molecular weight excluding hydrogens is 360 g/mol. The van der Waals surface area contributed by atoms with Crippen LogP contribution in [0, 0.1) is 0 Å². The molecule has 1 aromatic carbocycles. The van der Waals surface area contributed by atoms with Gasteiger partial charge in [-0.15, -0.1) is 0 Å². The van der Waals surface area contributed by atoms with Gasteiger partial charge in [-0.3, -0.25) is 9.20 Å². The van der Waals surface area contributed by atoms with Gasteiger partial charge in [0.25, 0.3) is 0 Å². The van der Waals surface area contributed by atoms with Gasteiger partial charge in [0.05, 0.1) is 13.7 Å². The second kappa shape index (κ2) is 9.97. The van der Waals surface area contributed by atoms with E-state index in [0.717, 1.165) is 44.4 Å². The van der Waals surface area contributed by atoms with Crippen molar-refractivity contribution in [1.82, 2.24) is 10.2 Å². The van der Waals surface area contributed by atoms with Crippen LogP contribution in [0.25, 0.3) is 0 Å². The van der Waals surface area contributed by atoms with Crippen molar-refractivity contribution in [2.45, 2.75) is 32.4 Å². The van der Waals surface area contributed by atoms with Gasteiger partial charge in [0, 0.05) is 59.7 Å². The molecule has 0 aromatic heterocycles. The fourth-order valence-electron chi connectivity index (χ4n) is 2.94. The molecule has 0 spiro atoms. The molecule has 1 aromatic rings. The molecule has 1 aliphatic heterocycles. The van der Waals surface area contributed by atoms with Crippen LogP contribution in [0.5, 0.6) is 5.75 Å². The summed E-state index contributed by atoms with van der Waals surface area (Å²) in [6, 6.07) is 8.22. The van der Waals surface area contributed by atoms with Gasteiger partial charge in [-0.2, -0.15) is 0 Å². The Morgan fingerprint density at radius 2 is 1.81 bits per heavy atom. The predicted molar refractivity (Wildman–Crippen MR) is 116 cm³/mol. The van der Waals surface area contributed by atoms with Crippen LogP contribution in [-0.4, -0.2) is 71.9 Å². The van der Waals surface area contributed by atoms with Gasteiger partial charge in [-0.25, -0.2) is 0 Å². The first kappa shape index (κ1) is 21.5. The molecular formula is C20H34N4O2S. The number of anilines is 1. The molecule has 7 heteroatoms. The average molecular weight is 395 g/mol. The number of rotatable bonds is 6. The van der Waals surface area contributed by atoms with Gasteiger partial charge in [0.1, 0.15) is 5.75 Å². The van der Waals surface area contributed by atoms with Crippen molar-refractivity contribution in [2.24, 2.45) is 4.99 Å². The molecule has 0 saturated carbocycles. The number of guanidine groups is 1. The zero-order valence-electron chi connectivity index (χ0n) is 17.3. The van der Waals surface area contributed by atoms with Gasteiger partial charge in [-0.1, -0.05) is 0 Å². The maximum absolute atomic E-state index is 12.2. The van der Waals surface area contributed by atoms with E-state index < -0.39 is 10.8 Å². The summed E-state index contributed by atoms with van der Waals surface area (Å²) < 4.78 is 17.3. The Bertz CT molecular complexity index is 632. The van der Waals surface area contributed by atoms with E-state index in [0.29, 0.717) is 12.3 Å². The van der Waals surface area contributed by atoms with Crippen molar-refractivity contribution in [1.29, 1.82) is 0 Å². The minimum absolute atomic E-state index is 0.183. The van der Waals surface area contributed by atoms with E-state index >= 15 is 0 Å². The molecule has 2 rings (SSSR count). The lowest BCUT2D eigenvalue weighted by atomic mass is 10.2. The first-order valence-electron chi connectivity index (χ1n) is 9.66. The number of nitrogens with zero attached hydrogens (tertiary/aromatic N) is 3. The largest absolute Gasteiger partial charge is 0.497 e. The quantitative estimate of drug-likeness (QED) is 0.593. The van der Waals surface area contributed by atoms with Gasteiger partial charge >= 0.3 is 0 Å². The van der Waals surface area contributed by atoms with Crippen molar-refractivity contribution in [2.75, 3.05) is 57.0 Å². The molecule has 0 bridgehead atoms. The standard InChI is InChI=1S/C20H34N4O2S/c1-6-21-19(22-11-16-27(25)20(2,3)4)24-14-12-23(13-15-24)17-7-9-18(26-5)10-8-17/h7-10H,6,11-16H2,1-5H3,(H,21,22). The first-order chi connectivity index (χ1) is 12.8. The molecule has 1 atom stereocenters. The number of hydrogen-bond acceptors (Lipinski definition) is 4. The van der Waals surface area contributed by atoms with Crippen LogP contribution in [0.4, 0.5) is 5.69 Å². The highest BCUT2D eigenvalue weighted by Gasteiger charge is 2.21. The molecule has 152 valence electrons. The van der Waals surface area contributed by atoms with Crippen molar-refractivity contribution < 1.29 is 8.95 Å². The molecule has 0 aliphatic carbocycles. The minimum atomic E-state index is -0.868. The van der Waals surface area contributed by atoms with E-state index in [4.69, 9.17) is 9.73 Å². The van der Waals surface area contributed by atoms with Gasteiger partial charge in [-0.05, 0) is 52.0 Å². The van der Waals surface area contributed by atoms with Gasteiger partial charge < -0.3 is 19.9 Å². The van der Waals surface area contributed by atoms with E-state index in [1.807, 2.05) is 32.9 Å². The molecule has 1 N–H and O–H groups in total. The van der Waals surface area contributed by atoms with Crippen molar-refractivity contribution in [3.05, 3.63) is 24.3 Å². The third-order valence-corrected chi connectivity index (χ3v) is 6.49. The fraction of sp³-hybridized carbons (Fsp3) is 0.650. The molecule has 27 heavy (non-hydrogen) atoms. The molecule has 1 saturated heterocycles. The predicted octanol–water partition coefficient (Wildman–Crippen LogP) is 2.33. The summed E-state index contributed by atoms with van der Waals surface area (Å²) in [5.41, 5.74) is 1.22. The van der Waals surface area contributed by atoms with E-state index in [1.165, 1.54) is 5.69 Å². The highest BCUT2D eigenvalue weighted by molar-refractivity contribution is 7.86. The fourth-order valence-corrected chi connectivity index (χ4v) is 3.81. The Labute approximate surface area is 166 Å². The number of hydrogen-bond donors (Lipinski definition) is 1. The van der Waals surface area contributed by atoms with Crippen LogP contribution in [-0.2, 0) is 10.8 Å². The van der Waals surface area contributed by atoms with Crippen LogP contribution in [0.1, 0.15) is 27.7 Å². The lowest BCUT2D eigenvalue weighted by Gasteiger charge is -2.37. The summed E-state index contributed by atoms with van der Waals surface area (Å²) in [5.74, 6) is 2.41. The lowest BCUT2D eigenvalue weighted by Crippen LogP contribution is -2.52. The Balaban J connectivity index is 1.91. The second-order valence-corrected chi connectivity index (χ2v) is 9.89. The summed E-state index contributed by atoms with van der Waals surface area (Å²) >= 11 is 0. The molecule has 1 aliphatic rings. The number of ether oxygens (including phenoxy) is 1. The summed E-state index contributed by atoms with van der Waals surface area (Å²) in [6.07, 6.45) is 0. The number of aliphatic imine (C=N–C) groups is 1. The first-order valence-corrected chi connectivity index (χ1v) is 11.0. The third kappa shape index (κ3) is 6.41. The normalized spacial score (nSPS) is 17.0. The zero-order valence-corrected chi connectivity index (χ0v) is 18.1. The monoisotopic (exact) mass is 394 g/mol. The van der Waals surface area contributed by atoms with Crippen LogP contribution < -0.4 is 15.0 Å². The van der Waals surface area contributed by atoms with E-state index in [1.54, 1.807) is 7.11 Å². The Morgan fingerprint density at radius 3 is 2.33 bits per heavy atom. The van der Waals surface area contributed by atoms with Crippen molar-refractivity contribution in [3.8, 4) is 5.75 Å². The second-order valence-electron chi connectivity index (χ2n) is 7.57. The SMILES string of the molecule is CCNC(=NCCS(=O)C(C)(C)C)N1CCN(c2ccc(OC)cc2)CC1. The molecule has 0 radical (unpaired) electrons. The van der Waals surface area contributed by atoms with Crippen molar-refractivity contribution >= 4 is 22.4 Å². The zero-order chi connectivity index (χ0) is 19.9. The van der Waals surface area contributed by atoms with Crippen LogP contribution in [0.3, 0.4) is 0 Å². The van der Waals surface area contributed by atoms with Gasteiger partial charge in [0.15, 0.2) is 5.96 Å². The number of piperazine rings is 1. The maximum Gasteiger partial charge on any atom is 0.194 e. The van der Waals surface area contributed by atoms with E-state index in [9.17, 15) is 4.21 Å². The highest BCUT2D eigenvalue weighted by atomic mass is 32.2. The van der Waals surface area contributed by atoms with E-state index in [2.05, 4.69) is 34.2 Å². The summed E-state index contributed by atoms with van der Waals surface area (Å²) in [5, 5.41) is 3.38. The Morgan fingerprint density at radius 1 is 1.19 bits per heavy atom. The highest BCUT2D eigenvalue weighted by Crippen LogP contribution is 2.20. The molecule has 1 heterocycles. The average Bonchev–Trinajstić information content (AvgIpc) is 2.66. The smallest absolute Gasteiger partial charge is 0.194 e. The van der Waals surface area contributed by atoms with Crippen LogP contribution in [0.15, 0.2) is 29.3 Å². The number of methoxy groups -OCH3 is 1. The van der Waals surface area contributed by atoms with Crippen molar-refractivity contribution in [3.63, 3.8) is 0 Å². The third-order valence-electron chi connectivity index (χ3n) is 4.57. The van der Waals surface area contributed by atoms with E-state index in [-0.39, 0.29) is 4.75 Å². The number of benzene rings is 1. The van der Waals surface area contributed by atoms with Crippen LogP contribution in [0.2, 0.25) is 0 Å². The van der Waals surface area contributed by atoms with Gasteiger partial charge in [0.2, 0.25) is 0 Å². The molecule has 6 nitrogen and oxygen atoms in total. The molecule has 0 amide bonds. The topological polar surface area (TPSA) is 57.2 Å². The summed E-state index contributed by atoms with van der Waals surface area (Å²) in [6.45, 7) is 13.3. The Kier molecular flexibility index (Phi) is 7.95. The molecule has 1 fully saturated rings. The Hall–Kier alpha value is -1.76.